The van der Waals surface area contributed by atoms with Gasteiger partial charge in [-0.25, -0.2) is 9.61 Å². The number of aryl methyl sites for hydroxylation is 2. The van der Waals surface area contributed by atoms with Crippen LogP contribution in [-0.2, 0) is 0 Å². The average molecular weight is 214 g/mol. The summed E-state index contributed by atoms with van der Waals surface area (Å²) >= 11 is 0. The molecule has 0 N–H and O–H groups in total. The number of rotatable bonds is 1. The number of fused-ring (bicyclic) bond motifs is 1. The second kappa shape index (κ2) is 3.16. The van der Waals surface area contributed by atoms with Gasteiger partial charge in [0.15, 0.2) is 5.69 Å². The van der Waals surface area contributed by atoms with Gasteiger partial charge in [0.25, 0.3) is 0 Å². The molecule has 3 aromatic heterocycles. The third-order valence-corrected chi connectivity index (χ3v) is 2.51. The maximum atomic E-state index is 4.67. The van der Waals surface area contributed by atoms with Crippen molar-refractivity contribution in [1.29, 1.82) is 0 Å². The van der Waals surface area contributed by atoms with Crippen molar-refractivity contribution in [2.24, 2.45) is 0 Å². The standard InChI is InChI=1S/C11H10N4O/c1-7-3-4-15-6-9(12-10(15)5-7)11-8(2)13-16-14-11/h3-6H,1-2H3. The molecular formula is C11H10N4O. The van der Waals surface area contributed by atoms with E-state index in [2.05, 4.69) is 19.9 Å². The SMILES string of the molecule is Cc1ccn2cc(-c3nonc3C)nc2c1. The lowest BCUT2D eigenvalue weighted by atomic mass is 10.3. The van der Waals surface area contributed by atoms with Gasteiger partial charge in [-0.15, -0.1) is 0 Å². The molecule has 3 heterocycles. The number of nitrogens with zero attached hydrogens (tertiary/aromatic N) is 4. The molecule has 80 valence electrons. The molecule has 0 atom stereocenters. The van der Waals surface area contributed by atoms with E-state index in [0.29, 0.717) is 5.69 Å². The second-order valence-electron chi connectivity index (χ2n) is 3.79. The van der Waals surface area contributed by atoms with Crippen LogP contribution in [0.4, 0.5) is 0 Å². The largest absolute Gasteiger partial charge is 0.306 e. The molecule has 0 saturated heterocycles. The molecule has 0 amide bonds. The maximum absolute atomic E-state index is 4.67. The van der Waals surface area contributed by atoms with Gasteiger partial charge >= 0.3 is 0 Å². The van der Waals surface area contributed by atoms with Gasteiger partial charge in [-0.3, -0.25) is 0 Å². The Hall–Kier alpha value is -2.17. The maximum Gasteiger partial charge on any atom is 0.157 e. The Balaban J connectivity index is 2.23. The molecule has 0 bridgehead atoms. The van der Waals surface area contributed by atoms with Crippen LogP contribution in [0.1, 0.15) is 11.3 Å². The molecule has 16 heavy (non-hydrogen) atoms. The summed E-state index contributed by atoms with van der Waals surface area (Å²) in [5.41, 5.74) is 4.31. The Labute approximate surface area is 91.7 Å². The molecule has 0 aliphatic rings. The Kier molecular flexibility index (Phi) is 1.80. The zero-order chi connectivity index (χ0) is 11.1. The fraction of sp³-hybridized carbons (Fsp3) is 0.182. The minimum absolute atomic E-state index is 0.696. The zero-order valence-electron chi connectivity index (χ0n) is 9.01. The number of imidazole rings is 1. The summed E-state index contributed by atoms with van der Waals surface area (Å²) in [5, 5.41) is 7.59. The molecule has 0 aliphatic heterocycles. The second-order valence-corrected chi connectivity index (χ2v) is 3.79. The third-order valence-electron chi connectivity index (χ3n) is 2.51. The fourth-order valence-electron chi connectivity index (χ4n) is 1.66. The van der Waals surface area contributed by atoms with Crippen molar-refractivity contribution >= 4 is 5.65 Å². The summed E-state index contributed by atoms with van der Waals surface area (Å²) in [6.45, 7) is 3.89. The first-order chi connectivity index (χ1) is 7.74. The van der Waals surface area contributed by atoms with Crippen LogP contribution in [0, 0.1) is 13.8 Å². The first-order valence-electron chi connectivity index (χ1n) is 4.99. The van der Waals surface area contributed by atoms with Crippen LogP contribution < -0.4 is 0 Å². The van der Waals surface area contributed by atoms with E-state index >= 15 is 0 Å². The molecule has 0 saturated carbocycles. The van der Waals surface area contributed by atoms with Crippen molar-refractivity contribution in [3.05, 3.63) is 35.8 Å². The lowest BCUT2D eigenvalue weighted by molar-refractivity contribution is 0.306. The van der Waals surface area contributed by atoms with E-state index in [9.17, 15) is 0 Å². The molecule has 5 heteroatoms. The first-order valence-corrected chi connectivity index (χ1v) is 4.99. The number of hydrogen-bond donors (Lipinski definition) is 0. The third kappa shape index (κ3) is 1.29. The summed E-state index contributed by atoms with van der Waals surface area (Å²) in [6, 6.07) is 4.05. The van der Waals surface area contributed by atoms with E-state index in [-0.39, 0.29) is 0 Å². The smallest absolute Gasteiger partial charge is 0.157 e. The Morgan fingerprint density at radius 2 is 2.12 bits per heavy atom. The summed E-state index contributed by atoms with van der Waals surface area (Å²) in [6.07, 6.45) is 3.89. The molecule has 0 aromatic carbocycles. The monoisotopic (exact) mass is 214 g/mol. The van der Waals surface area contributed by atoms with Gasteiger partial charge in [0, 0.05) is 12.4 Å². The predicted octanol–water partition coefficient (Wildman–Crippen LogP) is 2.00. The lowest BCUT2D eigenvalue weighted by Crippen LogP contribution is -1.81. The molecule has 0 unspecified atom stereocenters. The molecule has 3 rings (SSSR count). The van der Waals surface area contributed by atoms with Gasteiger partial charge in [0.1, 0.15) is 17.0 Å². The van der Waals surface area contributed by atoms with Crippen LogP contribution in [0.3, 0.4) is 0 Å². The minimum atomic E-state index is 0.696. The van der Waals surface area contributed by atoms with Crippen molar-refractivity contribution in [2.45, 2.75) is 13.8 Å². The van der Waals surface area contributed by atoms with Gasteiger partial charge in [0.05, 0.1) is 0 Å². The van der Waals surface area contributed by atoms with Crippen molar-refractivity contribution in [1.82, 2.24) is 19.7 Å². The number of pyridine rings is 1. The van der Waals surface area contributed by atoms with Crippen LogP contribution in [0.2, 0.25) is 0 Å². The van der Waals surface area contributed by atoms with Gasteiger partial charge < -0.3 is 4.40 Å². The van der Waals surface area contributed by atoms with E-state index in [1.807, 2.05) is 42.8 Å². The Bertz CT molecular complexity index is 653. The van der Waals surface area contributed by atoms with Crippen LogP contribution in [0.15, 0.2) is 29.2 Å². The van der Waals surface area contributed by atoms with Crippen molar-refractivity contribution in [2.75, 3.05) is 0 Å². The Morgan fingerprint density at radius 3 is 2.88 bits per heavy atom. The van der Waals surface area contributed by atoms with Crippen LogP contribution in [0.5, 0.6) is 0 Å². The Morgan fingerprint density at radius 1 is 1.25 bits per heavy atom. The molecule has 0 spiro atoms. The first kappa shape index (κ1) is 9.08. The number of aromatic nitrogens is 4. The molecular weight excluding hydrogens is 204 g/mol. The highest BCUT2D eigenvalue weighted by atomic mass is 16.6. The molecule has 3 aromatic rings. The van der Waals surface area contributed by atoms with Gasteiger partial charge in [-0.1, -0.05) is 5.16 Å². The minimum Gasteiger partial charge on any atom is -0.306 e. The van der Waals surface area contributed by atoms with Gasteiger partial charge in [-0.2, -0.15) is 0 Å². The summed E-state index contributed by atoms with van der Waals surface area (Å²) in [4.78, 5) is 4.48. The van der Waals surface area contributed by atoms with E-state index in [4.69, 9.17) is 0 Å². The van der Waals surface area contributed by atoms with Crippen LogP contribution in [0.25, 0.3) is 17.0 Å². The van der Waals surface area contributed by atoms with Crippen molar-refractivity contribution < 1.29 is 4.63 Å². The quantitative estimate of drug-likeness (QED) is 0.621. The highest BCUT2D eigenvalue weighted by molar-refractivity contribution is 5.60. The summed E-state index contributed by atoms with van der Waals surface area (Å²) in [7, 11) is 0. The fourth-order valence-corrected chi connectivity index (χ4v) is 1.66. The zero-order valence-corrected chi connectivity index (χ0v) is 9.01. The van der Waals surface area contributed by atoms with Gasteiger partial charge in [0.2, 0.25) is 0 Å². The van der Waals surface area contributed by atoms with Crippen LogP contribution in [-0.4, -0.2) is 19.7 Å². The molecule has 0 aliphatic carbocycles. The molecule has 0 fully saturated rings. The predicted molar refractivity (Wildman–Crippen MR) is 58.0 cm³/mol. The van der Waals surface area contributed by atoms with Gasteiger partial charge in [-0.05, 0) is 36.7 Å². The summed E-state index contributed by atoms with van der Waals surface area (Å²) < 4.78 is 6.62. The van der Waals surface area contributed by atoms with E-state index in [0.717, 1.165) is 17.0 Å². The van der Waals surface area contributed by atoms with Crippen LogP contribution >= 0.6 is 0 Å². The van der Waals surface area contributed by atoms with Crippen molar-refractivity contribution in [3.63, 3.8) is 0 Å². The highest BCUT2D eigenvalue weighted by Gasteiger charge is 2.11. The van der Waals surface area contributed by atoms with E-state index in [1.165, 1.54) is 5.56 Å². The lowest BCUT2D eigenvalue weighted by Gasteiger charge is -1.92. The molecule has 0 radical (unpaired) electrons. The summed E-state index contributed by atoms with van der Waals surface area (Å²) in [5.74, 6) is 0. The average Bonchev–Trinajstić information content (AvgIpc) is 2.82. The molecule has 5 nitrogen and oxygen atoms in total. The normalized spacial score (nSPS) is 11.1. The number of hydrogen-bond acceptors (Lipinski definition) is 4. The van der Waals surface area contributed by atoms with E-state index in [1.54, 1.807) is 0 Å². The van der Waals surface area contributed by atoms with E-state index < -0.39 is 0 Å². The highest BCUT2D eigenvalue weighted by Crippen LogP contribution is 2.19. The van der Waals surface area contributed by atoms with Crippen molar-refractivity contribution in [3.8, 4) is 11.4 Å². The topological polar surface area (TPSA) is 56.2 Å².